The monoisotopic (exact) mass is 402 g/mol. The van der Waals surface area contributed by atoms with Crippen LogP contribution in [0, 0.1) is 6.92 Å². The lowest BCUT2D eigenvalue weighted by atomic mass is 10.0. The van der Waals surface area contributed by atoms with Gasteiger partial charge in [0.1, 0.15) is 5.75 Å². The van der Waals surface area contributed by atoms with Crippen LogP contribution in [0.2, 0.25) is 0 Å². The first kappa shape index (κ1) is 15.1. The van der Waals surface area contributed by atoms with Crippen molar-refractivity contribution in [3.05, 3.63) is 50.1 Å². The molecule has 2 aromatic rings. The molecule has 2 rings (SSSR count). The van der Waals surface area contributed by atoms with Crippen molar-refractivity contribution in [1.29, 1.82) is 0 Å². The van der Waals surface area contributed by atoms with Gasteiger partial charge in [0.15, 0.2) is 0 Å². The van der Waals surface area contributed by atoms with E-state index in [9.17, 15) is 0 Å². The molecule has 0 spiro atoms. The third kappa shape index (κ3) is 3.61. The van der Waals surface area contributed by atoms with Crippen LogP contribution in [0.4, 0.5) is 0 Å². The Bertz CT molecular complexity index is 551. The van der Waals surface area contributed by atoms with Crippen LogP contribution in [0.5, 0.6) is 5.75 Å². The van der Waals surface area contributed by atoms with Gasteiger partial charge in [-0.2, -0.15) is 11.3 Å². The number of ether oxygens (including phenoxy) is 1. The van der Waals surface area contributed by atoms with Crippen LogP contribution in [-0.2, 0) is 0 Å². The molecule has 1 unspecified atom stereocenters. The van der Waals surface area contributed by atoms with Gasteiger partial charge in [-0.1, -0.05) is 28.9 Å². The summed E-state index contributed by atoms with van der Waals surface area (Å²) < 4.78 is 6.68. The van der Waals surface area contributed by atoms with Crippen molar-refractivity contribution in [2.24, 2.45) is 0 Å². The maximum absolute atomic E-state index is 5.67. The standard InChI is InChI=1S/C15H16Br2OS/c1-3-6-18-14-5-4-11(7-13(14)16)15(17)12-9-19-8-10(12)2/h4-5,7-9,15H,3,6H2,1-2H3. The highest BCUT2D eigenvalue weighted by atomic mass is 79.9. The van der Waals surface area contributed by atoms with Gasteiger partial charge in [-0.15, -0.1) is 0 Å². The second-order valence-electron chi connectivity index (χ2n) is 4.41. The van der Waals surface area contributed by atoms with E-state index >= 15 is 0 Å². The molecule has 1 nitrogen and oxygen atoms in total. The van der Waals surface area contributed by atoms with E-state index < -0.39 is 0 Å². The van der Waals surface area contributed by atoms with E-state index in [-0.39, 0.29) is 4.83 Å². The highest BCUT2D eigenvalue weighted by Gasteiger charge is 2.15. The van der Waals surface area contributed by atoms with Crippen LogP contribution in [0.1, 0.15) is 34.9 Å². The molecule has 0 amide bonds. The Morgan fingerprint density at radius 3 is 2.68 bits per heavy atom. The first-order valence-electron chi connectivity index (χ1n) is 6.22. The molecule has 1 atom stereocenters. The predicted octanol–water partition coefficient (Wildman–Crippen LogP) is 6.09. The normalized spacial score (nSPS) is 12.4. The molecule has 0 aliphatic rings. The summed E-state index contributed by atoms with van der Waals surface area (Å²) in [7, 11) is 0. The van der Waals surface area contributed by atoms with Crippen LogP contribution in [0.15, 0.2) is 33.4 Å². The van der Waals surface area contributed by atoms with Gasteiger partial charge in [0, 0.05) is 0 Å². The van der Waals surface area contributed by atoms with E-state index in [4.69, 9.17) is 4.74 Å². The number of benzene rings is 1. The summed E-state index contributed by atoms with van der Waals surface area (Å²) in [4.78, 5) is 0.232. The van der Waals surface area contributed by atoms with Gasteiger partial charge in [0.05, 0.1) is 15.9 Å². The Labute approximate surface area is 135 Å². The Balaban J connectivity index is 2.22. The van der Waals surface area contributed by atoms with Gasteiger partial charge < -0.3 is 4.74 Å². The molecule has 1 heterocycles. The number of halogens is 2. The molecule has 1 aromatic carbocycles. The van der Waals surface area contributed by atoms with E-state index in [0.29, 0.717) is 0 Å². The fourth-order valence-corrected chi connectivity index (χ4v) is 4.15. The summed E-state index contributed by atoms with van der Waals surface area (Å²) in [6.07, 6.45) is 1.02. The minimum Gasteiger partial charge on any atom is -0.492 e. The molecular weight excluding hydrogens is 388 g/mol. The predicted molar refractivity (Wildman–Crippen MR) is 89.8 cm³/mol. The van der Waals surface area contributed by atoms with Crippen molar-refractivity contribution in [2.75, 3.05) is 6.61 Å². The van der Waals surface area contributed by atoms with Crippen molar-refractivity contribution in [3.8, 4) is 5.75 Å². The molecule has 4 heteroatoms. The Hall–Kier alpha value is -0.320. The van der Waals surface area contributed by atoms with Crippen molar-refractivity contribution in [3.63, 3.8) is 0 Å². The topological polar surface area (TPSA) is 9.23 Å². The van der Waals surface area contributed by atoms with E-state index in [1.54, 1.807) is 11.3 Å². The molecule has 0 radical (unpaired) electrons. The van der Waals surface area contributed by atoms with Crippen molar-refractivity contribution >= 4 is 43.2 Å². The van der Waals surface area contributed by atoms with Gasteiger partial charge in [-0.05, 0) is 68.9 Å². The van der Waals surface area contributed by atoms with Crippen LogP contribution < -0.4 is 4.74 Å². The molecule has 0 saturated carbocycles. The zero-order chi connectivity index (χ0) is 13.8. The summed E-state index contributed by atoms with van der Waals surface area (Å²) in [6.45, 7) is 5.00. The van der Waals surface area contributed by atoms with Crippen LogP contribution >= 0.6 is 43.2 Å². The summed E-state index contributed by atoms with van der Waals surface area (Å²) in [6, 6.07) is 6.28. The molecule has 1 aromatic heterocycles. The van der Waals surface area contributed by atoms with E-state index in [1.807, 2.05) is 6.07 Å². The minimum absolute atomic E-state index is 0.232. The second-order valence-corrected chi connectivity index (χ2v) is 6.92. The first-order chi connectivity index (χ1) is 9.13. The van der Waals surface area contributed by atoms with Crippen LogP contribution in [0.25, 0.3) is 0 Å². The van der Waals surface area contributed by atoms with E-state index in [1.165, 1.54) is 16.7 Å². The smallest absolute Gasteiger partial charge is 0.133 e. The number of hydrogen-bond donors (Lipinski definition) is 0. The average molecular weight is 404 g/mol. The van der Waals surface area contributed by atoms with E-state index in [0.717, 1.165) is 23.2 Å². The third-order valence-electron chi connectivity index (χ3n) is 2.88. The highest BCUT2D eigenvalue weighted by Crippen LogP contribution is 2.37. The number of hydrogen-bond acceptors (Lipinski definition) is 2. The quantitative estimate of drug-likeness (QED) is 0.548. The number of thiophene rings is 1. The fourth-order valence-electron chi connectivity index (χ4n) is 1.81. The molecule has 0 aliphatic heterocycles. The van der Waals surface area contributed by atoms with Crippen LogP contribution in [0.3, 0.4) is 0 Å². The number of rotatable bonds is 5. The highest BCUT2D eigenvalue weighted by molar-refractivity contribution is 9.10. The van der Waals surface area contributed by atoms with E-state index in [2.05, 4.69) is 68.6 Å². The summed E-state index contributed by atoms with van der Waals surface area (Å²) in [5, 5.41) is 4.38. The lowest BCUT2D eigenvalue weighted by Crippen LogP contribution is -1.98. The lowest BCUT2D eigenvalue weighted by Gasteiger charge is -2.13. The van der Waals surface area contributed by atoms with Crippen molar-refractivity contribution < 1.29 is 4.74 Å². The minimum atomic E-state index is 0.232. The van der Waals surface area contributed by atoms with Gasteiger partial charge in [0.2, 0.25) is 0 Å². The summed E-state index contributed by atoms with van der Waals surface area (Å²) in [5.41, 5.74) is 3.89. The molecule has 19 heavy (non-hydrogen) atoms. The first-order valence-corrected chi connectivity index (χ1v) is 8.87. The molecule has 0 fully saturated rings. The lowest BCUT2D eigenvalue weighted by molar-refractivity contribution is 0.315. The maximum Gasteiger partial charge on any atom is 0.133 e. The number of aryl methyl sites for hydroxylation is 1. The van der Waals surface area contributed by atoms with Gasteiger partial charge in [-0.25, -0.2) is 0 Å². The average Bonchev–Trinajstić information content (AvgIpc) is 2.82. The molecule has 0 aliphatic carbocycles. The van der Waals surface area contributed by atoms with Gasteiger partial charge in [-0.3, -0.25) is 0 Å². The maximum atomic E-state index is 5.67. The largest absolute Gasteiger partial charge is 0.492 e. The molecule has 102 valence electrons. The van der Waals surface area contributed by atoms with Gasteiger partial charge >= 0.3 is 0 Å². The van der Waals surface area contributed by atoms with Gasteiger partial charge in [0.25, 0.3) is 0 Å². The summed E-state index contributed by atoms with van der Waals surface area (Å²) >= 11 is 9.11. The Morgan fingerprint density at radius 1 is 1.32 bits per heavy atom. The zero-order valence-electron chi connectivity index (χ0n) is 11.0. The zero-order valence-corrected chi connectivity index (χ0v) is 14.9. The molecule has 0 saturated heterocycles. The second kappa shape index (κ2) is 6.91. The molecule has 0 N–H and O–H groups in total. The SMILES string of the molecule is CCCOc1ccc(C(Br)c2cscc2C)cc1Br. The fraction of sp³-hybridized carbons (Fsp3) is 0.333. The third-order valence-corrected chi connectivity index (χ3v) is 5.40. The van der Waals surface area contributed by atoms with Crippen molar-refractivity contribution in [2.45, 2.75) is 25.1 Å². The Morgan fingerprint density at radius 2 is 2.11 bits per heavy atom. The Kier molecular flexibility index (Phi) is 5.48. The molecule has 0 bridgehead atoms. The summed E-state index contributed by atoms with van der Waals surface area (Å²) in [5.74, 6) is 0.910. The van der Waals surface area contributed by atoms with Crippen LogP contribution in [-0.4, -0.2) is 6.61 Å². The van der Waals surface area contributed by atoms with Crippen molar-refractivity contribution in [1.82, 2.24) is 0 Å². The number of alkyl halides is 1. The molecular formula is C15H16Br2OS.